The highest BCUT2D eigenvalue weighted by atomic mass is 35.5. The summed E-state index contributed by atoms with van der Waals surface area (Å²) in [7, 11) is 0. The molecule has 1 fully saturated rings. The van der Waals surface area contributed by atoms with E-state index in [1.165, 1.54) is 17.0 Å². The van der Waals surface area contributed by atoms with Crippen molar-refractivity contribution < 1.29 is 22.7 Å². The van der Waals surface area contributed by atoms with Gasteiger partial charge in [0.2, 0.25) is 0 Å². The Hall–Kier alpha value is -2.98. The van der Waals surface area contributed by atoms with Gasteiger partial charge in [-0.2, -0.15) is 13.2 Å². The first-order valence-corrected chi connectivity index (χ1v) is 10.3. The number of aromatic nitrogens is 4. The van der Waals surface area contributed by atoms with Gasteiger partial charge in [0, 0.05) is 12.2 Å². The predicted molar refractivity (Wildman–Crippen MR) is 108 cm³/mol. The number of ether oxygens (including phenoxy) is 1. The summed E-state index contributed by atoms with van der Waals surface area (Å²) in [6.07, 6.45) is -4.66. The van der Waals surface area contributed by atoms with Gasteiger partial charge in [0.1, 0.15) is 11.7 Å². The summed E-state index contributed by atoms with van der Waals surface area (Å²) in [5, 5.41) is 7.95. The van der Waals surface area contributed by atoms with Crippen LogP contribution >= 0.6 is 11.6 Å². The van der Waals surface area contributed by atoms with Crippen LogP contribution in [-0.2, 0) is 17.5 Å². The Balaban J connectivity index is 1.55. The highest BCUT2D eigenvalue weighted by Crippen LogP contribution is 2.39. The van der Waals surface area contributed by atoms with Crippen LogP contribution in [0, 0.1) is 6.92 Å². The number of alkyl halides is 3. The molecular weight excluding hydrogens is 447 g/mol. The van der Waals surface area contributed by atoms with Crippen LogP contribution < -0.4 is 0 Å². The van der Waals surface area contributed by atoms with Gasteiger partial charge in [-0.05, 0) is 31.2 Å². The van der Waals surface area contributed by atoms with Gasteiger partial charge in [0.15, 0.2) is 11.6 Å². The number of hydrogen-bond donors (Lipinski definition) is 0. The van der Waals surface area contributed by atoms with E-state index in [0.29, 0.717) is 23.9 Å². The number of hydrogen-bond acceptors (Lipinski definition) is 5. The standard InChI is InChI=1S/C21H17ClF3N5O2/c1-11-4-2-7-15(26-11)18-27-28-19-16-10-32-9-12(8-29(18)19)30(16)20(31)13-5-3-6-14(17(13)22)21(23,24)25/h2-7,12,16H,8-10H2,1H3. The van der Waals surface area contributed by atoms with E-state index in [9.17, 15) is 18.0 Å². The number of halogens is 4. The Kier molecular flexibility index (Phi) is 4.94. The van der Waals surface area contributed by atoms with E-state index in [0.717, 1.165) is 11.8 Å². The molecule has 3 aromatic rings. The van der Waals surface area contributed by atoms with E-state index in [4.69, 9.17) is 16.3 Å². The van der Waals surface area contributed by atoms with Crippen molar-refractivity contribution >= 4 is 17.5 Å². The first kappa shape index (κ1) is 20.9. The van der Waals surface area contributed by atoms with Gasteiger partial charge in [0.05, 0.1) is 35.4 Å². The van der Waals surface area contributed by atoms with Crippen molar-refractivity contribution in [2.24, 2.45) is 0 Å². The monoisotopic (exact) mass is 463 g/mol. The molecule has 0 N–H and O–H groups in total. The average molecular weight is 464 g/mol. The molecule has 0 saturated carbocycles. The second-order valence-corrected chi connectivity index (χ2v) is 8.12. The molecule has 0 spiro atoms. The van der Waals surface area contributed by atoms with Crippen LogP contribution in [0.2, 0.25) is 5.02 Å². The van der Waals surface area contributed by atoms with Gasteiger partial charge in [-0.15, -0.1) is 10.2 Å². The fourth-order valence-corrected chi connectivity index (χ4v) is 4.56. The lowest BCUT2D eigenvalue weighted by molar-refractivity contribution is -0.137. The number of carbonyl (C=O) groups excluding carboxylic acids is 1. The SMILES string of the molecule is Cc1cccc(-c2nnc3n2CC2COCC3N2C(=O)c2cccc(C(F)(F)F)c2Cl)n1. The summed E-state index contributed by atoms with van der Waals surface area (Å²) >= 11 is 6.02. The maximum absolute atomic E-state index is 13.4. The van der Waals surface area contributed by atoms with Gasteiger partial charge < -0.3 is 14.2 Å². The number of amides is 1. The lowest BCUT2D eigenvalue weighted by Gasteiger charge is -2.45. The predicted octanol–water partition coefficient (Wildman–Crippen LogP) is 3.92. The molecule has 11 heteroatoms. The average Bonchev–Trinajstić information content (AvgIpc) is 3.16. The summed E-state index contributed by atoms with van der Waals surface area (Å²) in [5.41, 5.74) is 0.241. The van der Waals surface area contributed by atoms with Crippen molar-refractivity contribution in [3.8, 4) is 11.5 Å². The lowest BCUT2D eigenvalue weighted by Crippen LogP contribution is -2.56. The Morgan fingerprint density at radius 3 is 2.69 bits per heavy atom. The van der Waals surface area contributed by atoms with E-state index in [1.54, 1.807) is 0 Å². The minimum atomic E-state index is -4.66. The van der Waals surface area contributed by atoms with E-state index >= 15 is 0 Å². The van der Waals surface area contributed by atoms with E-state index < -0.39 is 34.8 Å². The molecule has 0 aliphatic carbocycles. The summed E-state index contributed by atoms with van der Waals surface area (Å²) in [6, 6.07) is 7.90. The molecule has 1 aromatic carbocycles. The maximum atomic E-state index is 13.4. The Labute approximate surface area is 185 Å². The van der Waals surface area contributed by atoms with Crippen LogP contribution in [-0.4, -0.2) is 49.8 Å². The molecular formula is C21H17ClF3N5O2. The molecule has 1 amide bonds. The van der Waals surface area contributed by atoms with Crippen molar-refractivity contribution in [2.75, 3.05) is 13.2 Å². The van der Waals surface area contributed by atoms with Crippen LogP contribution in [0.25, 0.3) is 11.5 Å². The molecule has 4 heterocycles. The number of benzene rings is 1. The molecule has 1 saturated heterocycles. The Morgan fingerprint density at radius 1 is 1.16 bits per heavy atom. The largest absolute Gasteiger partial charge is 0.417 e. The van der Waals surface area contributed by atoms with Gasteiger partial charge in [-0.3, -0.25) is 4.79 Å². The zero-order chi connectivity index (χ0) is 22.6. The summed E-state index contributed by atoms with van der Waals surface area (Å²) in [5.74, 6) is 0.476. The topological polar surface area (TPSA) is 73.1 Å². The van der Waals surface area contributed by atoms with Crippen molar-refractivity contribution in [2.45, 2.75) is 31.7 Å². The van der Waals surface area contributed by atoms with Crippen LogP contribution in [0.1, 0.15) is 33.5 Å². The molecule has 2 bridgehead atoms. The van der Waals surface area contributed by atoms with Gasteiger partial charge in [-0.25, -0.2) is 4.98 Å². The molecule has 7 nitrogen and oxygen atoms in total. The third kappa shape index (κ3) is 3.34. The summed E-state index contributed by atoms with van der Waals surface area (Å²) in [4.78, 5) is 19.4. The molecule has 2 unspecified atom stereocenters. The number of morpholine rings is 1. The molecule has 166 valence electrons. The normalized spacial score (nSPS) is 20.2. The molecule has 2 atom stereocenters. The zero-order valence-corrected chi connectivity index (χ0v) is 17.6. The highest BCUT2D eigenvalue weighted by molar-refractivity contribution is 6.34. The zero-order valence-electron chi connectivity index (χ0n) is 16.8. The van der Waals surface area contributed by atoms with Crippen molar-refractivity contribution in [1.82, 2.24) is 24.6 Å². The van der Waals surface area contributed by atoms with Crippen LogP contribution in [0.4, 0.5) is 13.2 Å². The van der Waals surface area contributed by atoms with E-state index in [-0.39, 0.29) is 18.8 Å². The number of rotatable bonds is 2. The number of pyridine rings is 1. The lowest BCUT2D eigenvalue weighted by atomic mass is 10.0. The van der Waals surface area contributed by atoms with Crippen molar-refractivity contribution in [1.29, 1.82) is 0 Å². The summed E-state index contributed by atoms with van der Waals surface area (Å²) in [6.45, 7) is 2.58. The smallest absolute Gasteiger partial charge is 0.377 e. The minimum absolute atomic E-state index is 0.151. The molecule has 2 aliphatic heterocycles. The second-order valence-electron chi connectivity index (χ2n) is 7.74. The van der Waals surface area contributed by atoms with Crippen LogP contribution in [0.15, 0.2) is 36.4 Å². The number of fused-ring (bicyclic) bond motifs is 4. The fraction of sp³-hybridized carbons (Fsp3) is 0.333. The maximum Gasteiger partial charge on any atom is 0.417 e. The minimum Gasteiger partial charge on any atom is -0.377 e. The van der Waals surface area contributed by atoms with Crippen LogP contribution in [0.5, 0.6) is 0 Å². The third-order valence-corrected chi connectivity index (χ3v) is 6.08. The van der Waals surface area contributed by atoms with E-state index in [1.807, 2.05) is 29.7 Å². The first-order valence-electron chi connectivity index (χ1n) is 9.89. The molecule has 5 rings (SSSR count). The third-order valence-electron chi connectivity index (χ3n) is 5.67. The Bertz CT molecular complexity index is 1210. The quantitative estimate of drug-likeness (QED) is 0.576. The van der Waals surface area contributed by atoms with Gasteiger partial charge in [-0.1, -0.05) is 23.7 Å². The highest BCUT2D eigenvalue weighted by Gasteiger charge is 2.45. The van der Waals surface area contributed by atoms with Gasteiger partial charge in [0.25, 0.3) is 5.91 Å². The second kappa shape index (κ2) is 7.56. The molecule has 32 heavy (non-hydrogen) atoms. The van der Waals surface area contributed by atoms with E-state index in [2.05, 4.69) is 15.2 Å². The van der Waals surface area contributed by atoms with Crippen molar-refractivity contribution in [3.05, 3.63) is 64.1 Å². The number of aryl methyl sites for hydroxylation is 1. The van der Waals surface area contributed by atoms with Crippen molar-refractivity contribution in [3.63, 3.8) is 0 Å². The molecule has 2 aliphatic rings. The number of carbonyl (C=O) groups is 1. The Morgan fingerprint density at radius 2 is 1.94 bits per heavy atom. The first-order chi connectivity index (χ1) is 15.3. The van der Waals surface area contributed by atoms with Crippen LogP contribution in [0.3, 0.4) is 0 Å². The molecule has 2 aromatic heterocycles. The van der Waals surface area contributed by atoms with Gasteiger partial charge >= 0.3 is 6.18 Å². The molecule has 0 radical (unpaired) electrons. The number of nitrogens with zero attached hydrogens (tertiary/aromatic N) is 5. The summed E-state index contributed by atoms with van der Waals surface area (Å²) < 4.78 is 47.4. The fourth-order valence-electron chi connectivity index (χ4n) is 4.24.